The molecule has 1 aliphatic carbocycles. The van der Waals surface area contributed by atoms with E-state index in [9.17, 15) is 8.42 Å². The second kappa shape index (κ2) is 3.86. The Bertz CT molecular complexity index is 495. The predicted molar refractivity (Wildman–Crippen MR) is 63.0 cm³/mol. The second-order valence-electron chi connectivity index (χ2n) is 3.91. The smallest absolute Gasteiger partial charge is 0.230 e. The number of nitrogens with two attached hydrogens (primary N) is 1. The molecule has 0 unspecified atom stereocenters. The third kappa shape index (κ3) is 2.79. The Morgan fingerprint density at radius 2 is 2.12 bits per heavy atom. The summed E-state index contributed by atoms with van der Waals surface area (Å²) >= 11 is 0. The number of anilines is 2. The van der Waals surface area contributed by atoms with E-state index in [4.69, 9.17) is 10.5 Å². The molecular formula is C10H14N2O3S. The Balaban J connectivity index is 2.31. The quantitative estimate of drug-likeness (QED) is 0.777. The maximum atomic E-state index is 11.2. The summed E-state index contributed by atoms with van der Waals surface area (Å²) in [7, 11) is -3.35. The molecule has 0 aliphatic heterocycles. The van der Waals surface area contributed by atoms with Crippen LogP contribution >= 0.6 is 0 Å². The van der Waals surface area contributed by atoms with E-state index in [0.29, 0.717) is 17.1 Å². The van der Waals surface area contributed by atoms with Crippen molar-refractivity contribution in [2.45, 2.75) is 18.9 Å². The van der Waals surface area contributed by atoms with Crippen LogP contribution in [0.2, 0.25) is 0 Å². The fourth-order valence-corrected chi connectivity index (χ4v) is 1.90. The molecule has 5 nitrogen and oxygen atoms in total. The Kier molecular flexibility index (Phi) is 2.67. The van der Waals surface area contributed by atoms with Gasteiger partial charge in [0.05, 0.1) is 18.0 Å². The van der Waals surface area contributed by atoms with Crippen molar-refractivity contribution in [1.82, 2.24) is 0 Å². The summed E-state index contributed by atoms with van der Waals surface area (Å²) in [6.45, 7) is 0. The van der Waals surface area contributed by atoms with Crippen molar-refractivity contribution >= 4 is 21.4 Å². The van der Waals surface area contributed by atoms with Crippen molar-refractivity contribution in [2.24, 2.45) is 0 Å². The molecule has 6 heteroatoms. The fraction of sp³-hybridized carbons (Fsp3) is 0.400. The molecule has 0 aromatic heterocycles. The highest BCUT2D eigenvalue weighted by Gasteiger charge is 2.25. The summed E-state index contributed by atoms with van der Waals surface area (Å²) in [6.07, 6.45) is 3.29. The van der Waals surface area contributed by atoms with E-state index in [-0.39, 0.29) is 6.10 Å². The molecule has 16 heavy (non-hydrogen) atoms. The first-order chi connectivity index (χ1) is 7.46. The molecule has 0 atom stereocenters. The first-order valence-corrected chi connectivity index (χ1v) is 6.88. The van der Waals surface area contributed by atoms with E-state index in [1.54, 1.807) is 18.2 Å². The molecule has 1 fully saturated rings. The van der Waals surface area contributed by atoms with Gasteiger partial charge in [-0.2, -0.15) is 0 Å². The van der Waals surface area contributed by atoms with Gasteiger partial charge in [0.15, 0.2) is 0 Å². The van der Waals surface area contributed by atoms with Crippen LogP contribution in [0.5, 0.6) is 5.75 Å². The summed E-state index contributed by atoms with van der Waals surface area (Å²) in [4.78, 5) is 0. The van der Waals surface area contributed by atoms with E-state index >= 15 is 0 Å². The standard InChI is InChI=1S/C10H14N2O3S/c1-16(13,14)12-10-8(11)3-2-4-9(10)15-7-5-6-7/h2-4,7,12H,5-6,11H2,1H3. The summed E-state index contributed by atoms with van der Waals surface area (Å²) in [6, 6.07) is 5.08. The maximum Gasteiger partial charge on any atom is 0.230 e. The minimum absolute atomic E-state index is 0.196. The lowest BCUT2D eigenvalue weighted by atomic mass is 10.2. The molecule has 1 aromatic rings. The molecule has 0 radical (unpaired) electrons. The van der Waals surface area contributed by atoms with E-state index in [1.807, 2.05) is 0 Å². The van der Waals surface area contributed by atoms with Gasteiger partial charge in [0.25, 0.3) is 0 Å². The highest BCUT2D eigenvalue weighted by molar-refractivity contribution is 7.92. The molecule has 0 amide bonds. The SMILES string of the molecule is CS(=O)(=O)Nc1c(N)cccc1OC1CC1. The van der Waals surface area contributed by atoms with Crippen molar-refractivity contribution < 1.29 is 13.2 Å². The Morgan fingerprint density at radius 3 is 2.69 bits per heavy atom. The van der Waals surface area contributed by atoms with Gasteiger partial charge in [0.1, 0.15) is 11.4 Å². The number of ether oxygens (including phenoxy) is 1. The summed E-state index contributed by atoms with van der Waals surface area (Å²) in [5, 5.41) is 0. The number of nitrogens with one attached hydrogen (secondary N) is 1. The molecule has 0 bridgehead atoms. The number of hydrogen-bond acceptors (Lipinski definition) is 4. The van der Waals surface area contributed by atoms with Crippen molar-refractivity contribution in [3.8, 4) is 5.75 Å². The normalized spacial score (nSPS) is 15.8. The lowest BCUT2D eigenvalue weighted by Gasteiger charge is -2.13. The third-order valence-corrected chi connectivity index (χ3v) is 2.74. The zero-order chi connectivity index (χ0) is 11.8. The van der Waals surface area contributed by atoms with Crippen LogP contribution in [-0.2, 0) is 10.0 Å². The largest absolute Gasteiger partial charge is 0.488 e. The molecule has 1 aromatic carbocycles. The van der Waals surface area contributed by atoms with Crippen molar-refractivity contribution in [1.29, 1.82) is 0 Å². The number of sulfonamides is 1. The highest BCUT2D eigenvalue weighted by Crippen LogP contribution is 2.35. The molecule has 88 valence electrons. The van der Waals surface area contributed by atoms with Crippen LogP contribution < -0.4 is 15.2 Å². The maximum absolute atomic E-state index is 11.2. The minimum atomic E-state index is -3.35. The zero-order valence-electron chi connectivity index (χ0n) is 8.93. The molecule has 2 rings (SSSR count). The van der Waals surface area contributed by atoms with Gasteiger partial charge in [-0.15, -0.1) is 0 Å². The van der Waals surface area contributed by atoms with Crippen LogP contribution in [0, 0.1) is 0 Å². The summed E-state index contributed by atoms with van der Waals surface area (Å²) < 4.78 is 30.3. The van der Waals surface area contributed by atoms with Crippen LogP contribution in [-0.4, -0.2) is 20.8 Å². The van der Waals surface area contributed by atoms with E-state index in [2.05, 4.69) is 4.72 Å². The molecule has 0 saturated heterocycles. The Labute approximate surface area is 94.6 Å². The van der Waals surface area contributed by atoms with Crippen LogP contribution in [0.25, 0.3) is 0 Å². The second-order valence-corrected chi connectivity index (χ2v) is 5.66. The number of benzene rings is 1. The number of hydrogen-bond donors (Lipinski definition) is 2. The van der Waals surface area contributed by atoms with E-state index in [1.165, 1.54) is 0 Å². The van der Waals surface area contributed by atoms with Gasteiger partial charge >= 0.3 is 0 Å². The molecule has 1 aliphatic rings. The van der Waals surface area contributed by atoms with Gasteiger partial charge in [0, 0.05) is 0 Å². The van der Waals surface area contributed by atoms with Crippen molar-refractivity contribution in [2.75, 3.05) is 16.7 Å². The molecule has 1 saturated carbocycles. The Hall–Kier alpha value is -1.43. The summed E-state index contributed by atoms with van der Waals surface area (Å²) in [5.41, 5.74) is 6.41. The minimum Gasteiger partial charge on any atom is -0.488 e. The van der Waals surface area contributed by atoms with Crippen LogP contribution in [0.4, 0.5) is 11.4 Å². The van der Waals surface area contributed by atoms with Crippen molar-refractivity contribution in [3.63, 3.8) is 0 Å². The average molecular weight is 242 g/mol. The van der Waals surface area contributed by atoms with Gasteiger partial charge < -0.3 is 10.5 Å². The van der Waals surface area contributed by atoms with Crippen LogP contribution in [0.15, 0.2) is 18.2 Å². The van der Waals surface area contributed by atoms with Gasteiger partial charge in [-0.3, -0.25) is 4.72 Å². The first kappa shape index (κ1) is 11.1. The third-order valence-electron chi connectivity index (χ3n) is 2.16. The Morgan fingerprint density at radius 1 is 1.44 bits per heavy atom. The lowest BCUT2D eigenvalue weighted by molar-refractivity contribution is 0.305. The van der Waals surface area contributed by atoms with Crippen LogP contribution in [0.3, 0.4) is 0 Å². The van der Waals surface area contributed by atoms with Gasteiger partial charge in [-0.05, 0) is 25.0 Å². The van der Waals surface area contributed by atoms with Gasteiger partial charge in [0.2, 0.25) is 10.0 Å². The van der Waals surface area contributed by atoms with E-state index in [0.717, 1.165) is 19.1 Å². The molecule has 0 heterocycles. The molecule has 3 N–H and O–H groups in total. The zero-order valence-corrected chi connectivity index (χ0v) is 9.75. The number of rotatable bonds is 4. The lowest BCUT2D eigenvalue weighted by Crippen LogP contribution is -2.13. The monoisotopic (exact) mass is 242 g/mol. The van der Waals surface area contributed by atoms with E-state index < -0.39 is 10.0 Å². The van der Waals surface area contributed by atoms with Gasteiger partial charge in [-0.1, -0.05) is 6.07 Å². The van der Waals surface area contributed by atoms with Crippen molar-refractivity contribution in [3.05, 3.63) is 18.2 Å². The molecular weight excluding hydrogens is 228 g/mol. The topological polar surface area (TPSA) is 81.4 Å². The highest BCUT2D eigenvalue weighted by atomic mass is 32.2. The first-order valence-electron chi connectivity index (χ1n) is 4.98. The predicted octanol–water partition coefficient (Wildman–Crippen LogP) is 1.18. The average Bonchev–Trinajstić information content (AvgIpc) is 2.93. The fourth-order valence-electron chi connectivity index (χ4n) is 1.31. The number of nitrogen functional groups attached to an aromatic ring is 1. The van der Waals surface area contributed by atoms with Crippen LogP contribution in [0.1, 0.15) is 12.8 Å². The summed E-state index contributed by atoms with van der Waals surface area (Å²) in [5.74, 6) is 0.493. The molecule has 0 spiro atoms. The van der Waals surface area contributed by atoms with Gasteiger partial charge in [-0.25, -0.2) is 8.42 Å². The number of para-hydroxylation sites is 1.